The Hall–Kier alpha value is -1.92. The van der Waals surface area contributed by atoms with Gasteiger partial charge in [-0.05, 0) is 26.0 Å². The lowest BCUT2D eigenvalue weighted by atomic mass is 10.2. The van der Waals surface area contributed by atoms with Gasteiger partial charge in [-0.15, -0.1) is 0 Å². The van der Waals surface area contributed by atoms with Crippen molar-refractivity contribution in [1.82, 2.24) is 15.0 Å². The maximum absolute atomic E-state index is 9.65. The SMILES string of the molecule is Cc1cc(CN2CCN(c3cccc(C(C)O)n3)CC2)on1. The number of hydrogen-bond donors (Lipinski definition) is 1. The summed E-state index contributed by atoms with van der Waals surface area (Å²) in [6.07, 6.45) is -0.532. The number of anilines is 1. The Bertz CT molecular complexity index is 618. The average molecular weight is 302 g/mol. The second kappa shape index (κ2) is 6.46. The molecule has 1 N–H and O–H groups in total. The van der Waals surface area contributed by atoms with Crippen molar-refractivity contribution in [3.8, 4) is 0 Å². The molecule has 0 saturated carbocycles. The van der Waals surface area contributed by atoms with Crippen LogP contribution >= 0.6 is 0 Å². The van der Waals surface area contributed by atoms with Crippen LogP contribution in [0.5, 0.6) is 0 Å². The molecule has 0 amide bonds. The van der Waals surface area contributed by atoms with Crippen LogP contribution in [0, 0.1) is 6.92 Å². The number of piperazine rings is 1. The summed E-state index contributed by atoms with van der Waals surface area (Å²) in [4.78, 5) is 9.15. The minimum atomic E-state index is -0.532. The Kier molecular flexibility index (Phi) is 4.40. The molecule has 0 radical (unpaired) electrons. The van der Waals surface area contributed by atoms with Gasteiger partial charge in [0.1, 0.15) is 5.82 Å². The number of aliphatic hydroxyl groups is 1. The Labute approximate surface area is 130 Å². The highest BCUT2D eigenvalue weighted by Crippen LogP contribution is 2.18. The molecule has 1 fully saturated rings. The van der Waals surface area contributed by atoms with Gasteiger partial charge in [-0.2, -0.15) is 0 Å². The lowest BCUT2D eigenvalue weighted by Gasteiger charge is -2.35. The molecule has 1 aliphatic rings. The van der Waals surface area contributed by atoms with Gasteiger partial charge in [0.2, 0.25) is 0 Å². The van der Waals surface area contributed by atoms with Crippen LogP contribution in [-0.4, -0.2) is 46.3 Å². The van der Waals surface area contributed by atoms with Crippen LogP contribution in [-0.2, 0) is 6.54 Å². The Morgan fingerprint density at radius 1 is 1.27 bits per heavy atom. The van der Waals surface area contributed by atoms with Crippen LogP contribution in [0.15, 0.2) is 28.8 Å². The van der Waals surface area contributed by atoms with Gasteiger partial charge in [-0.3, -0.25) is 4.90 Å². The second-order valence-electron chi connectivity index (χ2n) is 5.79. The highest BCUT2D eigenvalue weighted by atomic mass is 16.5. The standard InChI is InChI=1S/C16H22N4O2/c1-12-10-14(22-18-12)11-19-6-8-20(9-7-19)16-5-3-4-15(17-16)13(2)21/h3-5,10,13,21H,6-9,11H2,1-2H3. The highest BCUT2D eigenvalue weighted by Gasteiger charge is 2.19. The fraction of sp³-hybridized carbons (Fsp3) is 0.500. The van der Waals surface area contributed by atoms with Gasteiger partial charge in [-0.1, -0.05) is 11.2 Å². The molecule has 3 rings (SSSR count). The van der Waals surface area contributed by atoms with E-state index >= 15 is 0 Å². The van der Waals surface area contributed by atoms with Crippen molar-refractivity contribution >= 4 is 5.82 Å². The molecular weight excluding hydrogens is 280 g/mol. The van der Waals surface area contributed by atoms with Crippen molar-refractivity contribution in [2.75, 3.05) is 31.1 Å². The average Bonchev–Trinajstić information content (AvgIpc) is 2.93. The van der Waals surface area contributed by atoms with E-state index in [2.05, 4.69) is 19.9 Å². The predicted molar refractivity (Wildman–Crippen MR) is 83.6 cm³/mol. The molecule has 0 aliphatic carbocycles. The van der Waals surface area contributed by atoms with E-state index in [1.54, 1.807) is 6.92 Å². The molecule has 0 spiro atoms. The van der Waals surface area contributed by atoms with E-state index < -0.39 is 6.10 Å². The normalized spacial score (nSPS) is 17.7. The van der Waals surface area contributed by atoms with Crippen molar-refractivity contribution in [3.05, 3.63) is 41.4 Å². The highest BCUT2D eigenvalue weighted by molar-refractivity contribution is 5.40. The van der Waals surface area contributed by atoms with Crippen molar-refractivity contribution in [1.29, 1.82) is 0 Å². The molecule has 2 aromatic rings. The van der Waals surface area contributed by atoms with Crippen molar-refractivity contribution in [2.45, 2.75) is 26.5 Å². The summed E-state index contributed by atoms with van der Waals surface area (Å²) in [5.41, 5.74) is 1.64. The molecule has 1 saturated heterocycles. The molecule has 0 bridgehead atoms. The summed E-state index contributed by atoms with van der Waals surface area (Å²) in [6, 6.07) is 7.80. The number of hydrogen-bond acceptors (Lipinski definition) is 6. The van der Waals surface area contributed by atoms with Gasteiger partial charge in [0.25, 0.3) is 0 Å². The first-order valence-corrected chi connectivity index (χ1v) is 7.66. The van der Waals surface area contributed by atoms with Gasteiger partial charge in [-0.25, -0.2) is 4.98 Å². The maximum Gasteiger partial charge on any atom is 0.150 e. The van der Waals surface area contributed by atoms with E-state index in [4.69, 9.17) is 4.52 Å². The first-order valence-electron chi connectivity index (χ1n) is 7.66. The van der Waals surface area contributed by atoms with Crippen LogP contribution in [0.4, 0.5) is 5.82 Å². The number of pyridine rings is 1. The van der Waals surface area contributed by atoms with Crippen molar-refractivity contribution < 1.29 is 9.63 Å². The van der Waals surface area contributed by atoms with E-state index in [1.165, 1.54) is 0 Å². The molecule has 6 heteroatoms. The fourth-order valence-electron chi connectivity index (χ4n) is 2.69. The summed E-state index contributed by atoms with van der Waals surface area (Å²) in [5.74, 6) is 1.86. The van der Waals surface area contributed by atoms with E-state index in [1.807, 2.05) is 31.2 Å². The van der Waals surface area contributed by atoms with E-state index in [9.17, 15) is 5.11 Å². The molecule has 22 heavy (non-hydrogen) atoms. The van der Waals surface area contributed by atoms with Gasteiger partial charge in [0.05, 0.1) is 24.0 Å². The largest absolute Gasteiger partial charge is 0.387 e. The third-order valence-corrected chi connectivity index (χ3v) is 3.94. The number of nitrogens with zero attached hydrogens (tertiary/aromatic N) is 4. The van der Waals surface area contributed by atoms with Crippen LogP contribution in [0.3, 0.4) is 0 Å². The molecule has 0 aromatic carbocycles. The number of aromatic nitrogens is 2. The fourth-order valence-corrected chi connectivity index (χ4v) is 2.69. The topological polar surface area (TPSA) is 65.6 Å². The van der Waals surface area contributed by atoms with Crippen LogP contribution in [0.2, 0.25) is 0 Å². The monoisotopic (exact) mass is 302 g/mol. The minimum absolute atomic E-state index is 0.532. The van der Waals surface area contributed by atoms with Gasteiger partial charge in [0, 0.05) is 32.2 Å². The maximum atomic E-state index is 9.65. The minimum Gasteiger partial charge on any atom is -0.387 e. The van der Waals surface area contributed by atoms with Crippen LogP contribution < -0.4 is 4.90 Å². The lowest BCUT2D eigenvalue weighted by Crippen LogP contribution is -2.46. The second-order valence-corrected chi connectivity index (χ2v) is 5.79. The van der Waals surface area contributed by atoms with E-state index in [0.717, 1.165) is 55.7 Å². The van der Waals surface area contributed by atoms with E-state index in [0.29, 0.717) is 0 Å². The molecule has 3 heterocycles. The van der Waals surface area contributed by atoms with Gasteiger partial charge in [0.15, 0.2) is 5.76 Å². The molecular formula is C16H22N4O2. The summed E-state index contributed by atoms with van der Waals surface area (Å²) in [5, 5.41) is 13.6. The summed E-state index contributed by atoms with van der Waals surface area (Å²) < 4.78 is 5.28. The van der Waals surface area contributed by atoms with Gasteiger partial charge >= 0.3 is 0 Å². The Balaban J connectivity index is 1.58. The van der Waals surface area contributed by atoms with Crippen molar-refractivity contribution in [3.63, 3.8) is 0 Å². The molecule has 1 unspecified atom stereocenters. The molecule has 1 atom stereocenters. The van der Waals surface area contributed by atoms with Crippen molar-refractivity contribution in [2.24, 2.45) is 0 Å². The molecule has 118 valence electrons. The quantitative estimate of drug-likeness (QED) is 0.928. The first kappa shape index (κ1) is 15.0. The zero-order valence-corrected chi connectivity index (χ0v) is 13.1. The zero-order chi connectivity index (χ0) is 15.5. The number of aryl methyl sites for hydroxylation is 1. The third kappa shape index (κ3) is 3.45. The Morgan fingerprint density at radius 3 is 2.68 bits per heavy atom. The molecule has 2 aromatic heterocycles. The lowest BCUT2D eigenvalue weighted by molar-refractivity contribution is 0.194. The molecule has 1 aliphatic heterocycles. The van der Waals surface area contributed by atoms with E-state index in [-0.39, 0.29) is 0 Å². The summed E-state index contributed by atoms with van der Waals surface area (Å²) in [6.45, 7) is 8.23. The number of aliphatic hydroxyl groups excluding tert-OH is 1. The zero-order valence-electron chi connectivity index (χ0n) is 13.1. The third-order valence-electron chi connectivity index (χ3n) is 3.94. The summed E-state index contributed by atoms with van der Waals surface area (Å²) in [7, 11) is 0. The van der Waals surface area contributed by atoms with Crippen LogP contribution in [0.1, 0.15) is 30.2 Å². The van der Waals surface area contributed by atoms with Crippen LogP contribution in [0.25, 0.3) is 0 Å². The first-order chi connectivity index (χ1) is 10.6. The number of rotatable bonds is 4. The smallest absolute Gasteiger partial charge is 0.150 e. The predicted octanol–water partition coefficient (Wildman–Crippen LogP) is 1.75. The molecule has 6 nitrogen and oxygen atoms in total. The van der Waals surface area contributed by atoms with Gasteiger partial charge < -0.3 is 14.5 Å². The summed E-state index contributed by atoms with van der Waals surface area (Å²) >= 11 is 0. The Morgan fingerprint density at radius 2 is 2.05 bits per heavy atom.